The fourth-order valence-electron chi connectivity index (χ4n) is 2.60. The molecular formula is C18H17NOS. The Morgan fingerprint density at radius 3 is 2.62 bits per heavy atom. The monoisotopic (exact) mass is 295 g/mol. The molecule has 3 heteroatoms. The number of carbonyl (C=O) groups is 1. The lowest BCUT2D eigenvalue weighted by molar-refractivity contribution is 0.102. The molecule has 0 amide bonds. The van der Waals surface area contributed by atoms with E-state index in [0.29, 0.717) is 0 Å². The first-order chi connectivity index (χ1) is 10.2. The molecule has 106 valence electrons. The van der Waals surface area contributed by atoms with Crippen molar-refractivity contribution in [3.63, 3.8) is 0 Å². The van der Waals surface area contributed by atoms with Crippen LogP contribution < -0.4 is 0 Å². The van der Waals surface area contributed by atoms with Gasteiger partial charge in [0.1, 0.15) is 0 Å². The Bertz CT molecular complexity index is 799. The minimum atomic E-state index is 0.119. The number of Topliss-reactive ketones (excluding diaryl/α,β-unsaturated/α-hetero) is 1. The van der Waals surface area contributed by atoms with Crippen molar-refractivity contribution in [3.05, 3.63) is 63.6 Å². The molecule has 0 spiro atoms. The van der Waals surface area contributed by atoms with Crippen molar-refractivity contribution >= 4 is 27.9 Å². The summed E-state index contributed by atoms with van der Waals surface area (Å²) in [5, 5.41) is 3.53. The number of nitrogens with zero attached hydrogens (tertiary/aromatic N) is 1. The molecule has 2 nitrogen and oxygen atoms in total. The van der Waals surface area contributed by atoms with Gasteiger partial charge in [0.25, 0.3) is 0 Å². The molecule has 0 saturated heterocycles. The number of aromatic nitrogens is 1. The van der Waals surface area contributed by atoms with Crippen molar-refractivity contribution in [2.45, 2.75) is 26.7 Å². The molecular weight excluding hydrogens is 278 g/mol. The second-order valence-electron chi connectivity index (χ2n) is 5.11. The third-order valence-electron chi connectivity index (χ3n) is 3.62. The molecule has 2 aromatic carbocycles. The van der Waals surface area contributed by atoms with E-state index in [4.69, 9.17) is 0 Å². The largest absolute Gasteiger partial charge is 0.294 e. The minimum Gasteiger partial charge on any atom is -0.294 e. The highest BCUT2D eigenvalue weighted by atomic mass is 32.1. The van der Waals surface area contributed by atoms with Crippen molar-refractivity contribution < 1.29 is 4.79 Å². The summed E-state index contributed by atoms with van der Waals surface area (Å²) >= 11 is 1.53. The van der Waals surface area contributed by atoms with E-state index in [1.165, 1.54) is 27.7 Å². The summed E-state index contributed by atoms with van der Waals surface area (Å²) in [6.45, 7) is 3.66. The van der Waals surface area contributed by atoms with E-state index in [1.807, 2.05) is 6.92 Å². The maximum Gasteiger partial charge on any atom is 0.171 e. The average Bonchev–Trinajstić information content (AvgIpc) is 2.91. The van der Waals surface area contributed by atoms with Gasteiger partial charge in [-0.3, -0.25) is 4.79 Å². The van der Waals surface area contributed by atoms with Gasteiger partial charge in [-0.2, -0.15) is 0 Å². The highest BCUT2D eigenvalue weighted by molar-refractivity contribution is 7.13. The van der Waals surface area contributed by atoms with Gasteiger partial charge in [-0.25, -0.2) is 4.98 Å². The van der Waals surface area contributed by atoms with Crippen molar-refractivity contribution in [3.8, 4) is 0 Å². The predicted molar refractivity (Wildman–Crippen MR) is 88.3 cm³/mol. The van der Waals surface area contributed by atoms with Crippen LogP contribution in [0.2, 0.25) is 0 Å². The van der Waals surface area contributed by atoms with Crippen molar-refractivity contribution in [1.82, 2.24) is 4.98 Å². The Balaban J connectivity index is 2.01. The first-order valence-corrected chi connectivity index (χ1v) is 7.97. The molecule has 0 aliphatic carbocycles. The van der Waals surface area contributed by atoms with Crippen LogP contribution in [0.1, 0.15) is 39.8 Å². The van der Waals surface area contributed by atoms with Crippen LogP contribution in [0.15, 0.2) is 42.5 Å². The lowest BCUT2D eigenvalue weighted by atomic mass is 10.0. The second kappa shape index (κ2) is 5.78. The molecule has 1 aromatic heterocycles. The minimum absolute atomic E-state index is 0.119. The third kappa shape index (κ3) is 2.74. The first kappa shape index (κ1) is 14.0. The van der Waals surface area contributed by atoms with Gasteiger partial charge in [0.05, 0.1) is 15.6 Å². The van der Waals surface area contributed by atoms with Gasteiger partial charge in [-0.15, -0.1) is 11.3 Å². The number of rotatable bonds is 4. The van der Waals surface area contributed by atoms with Crippen LogP contribution in [0.3, 0.4) is 0 Å². The molecule has 21 heavy (non-hydrogen) atoms. The second-order valence-corrected chi connectivity index (χ2v) is 6.19. The molecule has 3 rings (SSSR count). The van der Waals surface area contributed by atoms with Gasteiger partial charge in [0.2, 0.25) is 0 Å². The Hall–Kier alpha value is -2.00. The lowest BCUT2D eigenvalue weighted by Crippen LogP contribution is -1.94. The van der Waals surface area contributed by atoms with Gasteiger partial charge in [-0.1, -0.05) is 49.4 Å². The average molecular weight is 295 g/mol. The maximum atomic E-state index is 11.7. The first-order valence-electron chi connectivity index (χ1n) is 7.15. The summed E-state index contributed by atoms with van der Waals surface area (Å²) < 4.78 is 0. The highest BCUT2D eigenvalue weighted by Gasteiger charge is 2.14. The zero-order valence-electron chi connectivity index (χ0n) is 12.2. The normalized spacial score (nSPS) is 11.0. The number of carbonyl (C=O) groups excluding carboxylic acids is 1. The molecule has 0 N–H and O–H groups in total. The molecule has 0 radical (unpaired) electrons. The summed E-state index contributed by atoms with van der Waals surface area (Å²) in [4.78, 5) is 17.1. The standard InChI is InChI=1S/C18H17NOS/c1-3-16-18(12(2)20)21-17(19-16)11-14-9-6-8-13-7-4-5-10-15(13)14/h4-10H,3,11H2,1-2H3. The quantitative estimate of drug-likeness (QED) is 0.656. The molecule has 0 fully saturated rings. The van der Waals surface area contributed by atoms with E-state index in [2.05, 4.69) is 47.4 Å². The van der Waals surface area contributed by atoms with Crippen molar-refractivity contribution in [2.24, 2.45) is 0 Å². The summed E-state index contributed by atoms with van der Waals surface area (Å²) in [5.74, 6) is 0.119. The Morgan fingerprint density at radius 1 is 1.14 bits per heavy atom. The number of ketones is 1. The van der Waals surface area contributed by atoms with Crippen LogP contribution in [0.5, 0.6) is 0 Å². The topological polar surface area (TPSA) is 30.0 Å². The Kier molecular flexibility index (Phi) is 3.84. The van der Waals surface area contributed by atoms with E-state index in [9.17, 15) is 4.79 Å². The maximum absolute atomic E-state index is 11.7. The van der Waals surface area contributed by atoms with E-state index in [-0.39, 0.29) is 5.78 Å². The van der Waals surface area contributed by atoms with Crippen molar-refractivity contribution in [2.75, 3.05) is 0 Å². The summed E-state index contributed by atoms with van der Waals surface area (Å²) in [5.41, 5.74) is 2.20. The van der Waals surface area contributed by atoms with Crippen LogP contribution in [0.4, 0.5) is 0 Å². The third-order valence-corrected chi connectivity index (χ3v) is 4.82. The predicted octanol–water partition coefficient (Wildman–Crippen LogP) is 4.65. The fraction of sp³-hybridized carbons (Fsp3) is 0.222. The van der Waals surface area contributed by atoms with Gasteiger partial charge in [0.15, 0.2) is 5.78 Å². The molecule has 1 heterocycles. The van der Waals surface area contributed by atoms with E-state index >= 15 is 0 Å². The van der Waals surface area contributed by atoms with Gasteiger partial charge < -0.3 is 0 Å². The van der Waals surface area contributed by atoms with Crippen LogP contribution >= 0.6 is 11.3 Å². The number of aryl methyl sites for hydroxylation is 1. The lowest BCUT2D eigenvalue weighted by Gasteiger charge is -2.04. The Morgan fingerprint density at radius 2 is 1.90 bits per heavy atom. The highest BCUT2D eigenvalue weighted by Crippen LogP contribution is 2.25. The van der Waals surface area contributed by atoms with E-state index in [1.54, 1.807) is 6.92 Å². The van der Waals surface area contributed by atoms with E-state index in [0.717, 1.165) is 28.4 Å². The molecule has 0 saturated carbocycles. The number of benzene rings is 2. The van der Waals surface area contributed by atoms with Gasteiger partial charge in [-0.05, 0) is 22.8 Å². The number of thiazole rings is 1. The zero-order chi connectivity index (χ0) is 14.8. The summed E-state index contributed by atoms with van der Waals surface area (Å²) in [6, 6.07) is 14.7. The zero-order valence-corrected chi connectivity index (χ0v) is 13.0. The number of hydrogen-bond acceptors (Lipinski definition) is 3. The number of hydrogen-bond donors (Lipinski definition) is 0. The smallest absolute Gasteiger partial charge is 0.171 e. The summed E-state index contributed by atoms with van der Waals surface area (Å²) in [7, 11) is 0. The molecule has 0 aliphatic rings. The number of fused-ring (bicyclic) bond motifs is 1. The van der Waals surface area contributed by atoms with Crippen LogP contribution in [-0.2, 0) is 12.8 Å². The molecule has 0 aliphatic heterocycles. The molecule has 0 atom stereocenters. The molecule has 3 aromatic rings. The summed E-state index contributed by atoms with van der Waals surface area (Å²) in [6.07, 6.45) is 1.59. The van der Waals surface area contributed by atoms with Crippen LogP contribution in [0, 0.1) is 0 Å². The van der Waals surface area contributed by atoms with Gasteiger partial charge >= 0.3 is 0 Å². The molecule has 0 bridgehead atoms. The van der Waals surface area contributed by atoms with Crippen molar-refractivity contribution in [1.29, 1.82) is 0 Å². The van der Waals surface area contributed by atoms with Crippen LogP contribution in [0.25, 0.3) is 10.8 Å². The van der Waals surface area contributed by atoms with E-state index < -0.39 is 0 Å². The SMILES string of the molecule is CCc1nc(Cc2cccc3ccccc23)sc1C(C)=O. The Labute approximate surface area is 128 Å². The fourth-order valence-corrected chi connectivity index (χ4v) is 3.67. The molecule has 0 unspecified atom stereocenters. The van der Waals surface area contributed by atoms with Gasteiger partial charge in [0, 0.05) is 13.3 Å². The van der Waals surface area contributed by atoms with Crippen LogP contribution in [-0.4, -0.2) is 10.8 Å².